The fraction of sp³-hybridized carbons (Fsp3) is 0.526. The number of hydrogen-bond acceptors (Lipinski definition) is 9. The first-order valence-corrected chi connectivity index (χ1v) is 11.1. The third-order valence-electron chi connectivity index (χ3n) is 4.76. The molecule has 0 saturated heterocycles. The van der Waals surface area contributed by atoms with Crippen molar-refractivity contribution >= 4 is 48.1 Å². The van der Waals surface area contributed by atoms with Gasteiger partial charge in [0.2, 0.25) is 29.5 Å². The summed E-state index contributed by atoms with van der Waals surface area (Å²) in [5.41, 5.74) is 16.4. The average Bonchev–Trinajstić information content (AvgIpc) is 3.30. The van der Waals surface area contributed by atoms with Crippen molar-refractivity contribution < 1.29 is 33.9 Å². The van der Waals surface area contributed by atoms with Gasteiger partial charge < -0.3 is 43.2 Å². The molecule has 1 aromatic rings. The standard InChI is InChI=1S/C19H30N8O7S/c20-10(1-3-14(21)28)16(30)25-11(2-4-15(22)29)17(31)26-12(5-9-6-23-8-24-9)18(32)27-13(7-35)19(33)34/h6,8,10-13,35H,1-5,7,20H2,(H2,21,28)(H2,22,29)(H,23,24)(H,25,30)(H,26,31)(H,27,32)(H,33,34). The van der Waals surface area contributed by atoms with Crippen LogP contribution in [-0.2, 0) is 35.2 Å². The average molecular weight is 515 g/mol. The molecule has 15 nitrogen and oxygen atoms in total. The van der Waals surface area contributed by atoms with E-state index in [2.05, 4.69) is 38.5 Å². The van der Waals surface area contributed by atoms with Crippen molar-refractivity contribution in [3.63, 3.8) is 0 Å². The Kier molecular flexibility index (Phi) is 12.2. The number of carbonyl (C=O) groups is 6. The molecule has 0 saturated carbocycles. The lowest BCUT2D eigenvalue weighted by Crippen LogP contribution is -2.58. The number of amides is 5. The predicted octanol–water partition coefficient (Wildman–Crippen LogP) is -3.72. The molecule has 0 aliphatic rings. The van der Waals surface area contributed by atoms with Crippen LogP contribution in [0.15, 0.2) is 12.5 Å². The quantitative estimate of drug-likeness (QED) is 0.0980. The van der Waals surface area contributed by atoms with Crippen LogP contribution in [-0.4, -0.2) is 80.5 Å². The van der Waals surface area contributed by atoms with Crippen molar-refractivity contribution in [3.8, 4) is 0 Å². The van der Waals surface area contributed by atoms with Crippen molar-refractivity contribution in [2.45, 2.75) is 56.3 Å². The van der Waals surface area contributed by atoms with Crippen molar-refractivity contribution in [2.75, 3.05) is 5.75 Å². The fourth-order valence-corrected chi connectivity index (χ4v) is 3.07. The van der Waals surface area contributed by atoms with Crippen LogP contribution in [0.4, 0.5) is 0 Å². The second kappa shape index (κ2) is 14.6. The summed E-state index contributed by atoms with van der Waals surface area (Å²) in [7, 11) is 0. The van der Waals surface area contributed by atoms with Gasteiger partial charge >= 0.3 is 5.97 Å². The van der Waals surface area contributed by atoms with Gasteiger partial charge in [0.1, 0.15) is 18.1 Å². The number of nitrogens with one attached hydrogen (secondary N) is 4. The highest BCUT2D eigenvalue weighted by Gasteiger charge is 2.30. The van der Waals surface area contributed by atoms with Gasteiger partial charge in [0.25, 0.3) is 0 Å². The molecular formula is C19H30N8O7S. The zero-order chi connectivity index (χ0) is 26.5. The molecule has 1 aromatic heterocycles. The van der Waals surface area contributed by atoms with E-state index in [1.165, 1.54) is 12.5 Å². The van der Waals surface area contributed by atoms with Crippen molar-refractivity contribution in [1.82, 2.24) is 25.9 Å². The van der Waals surface area contributed by atoms with Crippen LogP contribution in [0.25, 0.3) is 0 Å². The molecule has 0 fully saturated rings. The van der Waals surface area contributed by atoms with E-state index in [1.807, 2.05) is 0 Å². The molecule has 0 aliphatic carbocycles. The first-order chi connectivity index (χ1) is 16.4. The number of imidazole rings is 1. The van der Waals surface area contributed by atoms with Gasteiger partial charge in [-0.1, -0.05) is 0 Å². The predicted molar refractivity (Wildman–Crippen MR) is 124 cm³/mol. The Balaban J connectivity index is 3.02. The molecule has 0 aromatic carbocycles. The number of aromatic amines is 1. The summed E-state index contributed by atoms with van der Waals surface area (Å²) in [5, 5.41) is 16.3. The molecule has 194 valence electrons. The number of carboxylic acid groups (broad SMARTS) is 1. The monoisotopic (exact) mass is 514 g/mol. The summed E-state index contributed by atoms with van der Waals surface area (Å²) in [4.78, 5) is 78.2. The number of H-pyrrole nitrogens is 1. The van der Waals surface area contributed by atoms with E-state index in [1.54, 1.807) is 0 Å². The number of carboxylic acids is 1. The van der Waals surface area contributed by atoms with Crippen molar-refractivity contribution in [1.29, 1.82) is 0 Å². The van der Waals surface area contributed by atoms with Gasteiger partial charge in [0, 0.05) is 36.9 Å². The van der Waals surface area contributed by atoms with Crippen LogP contribution in [0.5, 0.6) is 0 Å². The number of nitrogens with zero attached hydrogens (tertiary/aromatic N) is 1. The maximum atomic E-state index is 13.0. The number of nitrogens with two attached hydrogens (primary N) is 3. The molecule has 35 heavy (non-hydrogen) atoms. The van der Waals surface area contributed by atoms with Crippen LogP contribution in [0.1, 0.15) is 31.4 Å². The number of carbonyl (C=O) groups excluding carboxylic acids is 5. The Morgan fingerprint density at radius 2 is 1.46 bits per heavy atom. The minimum absolute atomic E-state index is 0.0729. The third-order valence-corrected chi connectivity index (χ3v) is 5.13. The molecular weight excluding hydrogens is 484 g/mol. The molecule has 1 rings (SSSR count). The van der Waals surface area contributed by atoms with Crippen LogP contribution < -0.4 is 33.2 Å². The maximum Gasteiger partial charge on any atom is 0.327 e. The lowest BCUT2D eigenvalue weighted by atomic mass is 10.1. The van der Waals surface area contributed by atoms with Gasteiger partial charge in [0.15, 0.2) is 0 Å². The molecule has 4 unspecified atom stereocenters. The molecule has 4 atom stereocenters. The summed E-state index contributed by atoms with van der Waals surface area (Å²) in [6.07, 6.45) is 1.96. The number of rotatable bonds is 16. The summed E-state index contributed by atoms with van der Waals surface area (Å²) in [6, 6.07) is -5.07. The normalized spacial score (nSPS) is 14.1. The number of aromatic nitrogens is 2. The van der Waals surface area contributed by atoms with Crippen LogP contribution >= 0.6 is 12.6 Å². The smallest absolute Gasteiger partial charge is 0.327 e. The Hall–Kier alpha value is -3.66. The lowest BCUT2D eigenvalue weighted by molar-refractivity contribution is -0.141. The molecule has 0 bridgehead atoms. The van der Waals surface area contributed by atoms with Crippen LogP contribution in [0, 0.1) is 0 Å². The first kappa shape index (κ1) is 29.4. The molecule has 0 aliphatic heterocycles. The minimum atomic E-state index is -1.32. The van der Waals surface area contributed by atoms with E-state index < -0.39 is 59.7 Å². The minimum Gasteiger partial charge on any atom is -0.480 e. The fourth-order valence-electron chi connectivity index (χ4n) is 2.82. The summed E-state index contributed by atoms with van der Waals surface area (Å²) in [6.45, 7) is 0. The molecule has 16 heteroatoms. The third kappa shape index (κ3) is 10.9. The van der Waals surface area contributed by atoms with E-state index >= 15 is 0 Å². The molecule has 1 heterocycles. The second-order valence-corrected chi connectivity index (χ2v) is 7.97. The number of thiol groups is 1. The van der Waals surface area contributed by atoms with E-state index in [9.17, 15) is 33.9 Å². The summed E-state index contributed by atoms with van der Waals surface area (Å²) >= 11 is 3.89. The highest BCUT2D eigenvalue weighted by molar-refractivity contribution is 7.80. The first-order valence-electron chi connectivity index (χ1n) is 10.5. The van der Waals surface area contributed by atoms with Gasteiger partial charge in [-0.15, -0.1) is 0 Å². The highest BCUT2D eigenvalue weighted by Crippen LogP contribution is 2.05. The molecule has 11 N–H and O–H groups in total. The Morgan fingerprint density at radius 3 is 1.97 bits per heavy atom. The van der Waals surface area contributed by atoms with Gasteiger partial charge in [0.05, 0.1) is 12.4 Å². The Labute approximate surface area is 205 Å². The van der Waals surface area contributed by atoms with E-state index in [4.69, 9.17) is 17.2 Å². The van der Waals surface area contributed by atoms with Gasteiger partial charge in [-0.3, -0.25) is 24.0 Å². The number of primary amides is 2. The maximum absolute atomic E-state index is 13.0. The highest BCUT2D eigenvalue weighted by atomic mass is 32.1. The topological polar surface area (TPSA) is 265 Å². The second-order valence-electron chi connectivity index (χ2n) is 7.60. The van der Waals surface area contributed by atoms with Crippen LogP contribution in [0.3, 0.4) is 0 Å². The van der Waals surface area contributed by atoms with Gasteiger partial charge in [-0.2, -0.15) is 12.6 Å². The number of aliphatic carboxylic acids is 1. The summed E-state index contributed by atoms with van der Waals surface area (Å²) in [5.74, 6) is -5.38. The largest absolute Gasteiger partial charge is 0.480 e. The van der Waals surface area contributed by atoms with Crippen LogP contribution in [0.2, 0.25) is 0 Å². The van der Waals surface area contributed by atoms with E-state index in [0.29, 0.717) is 5.69 Å². The molecule has 0 spiro atoms. The SMILES string of the molecule is NC(=O)CCC(N)C(=O)NC(CCC(N)=O)C(=O)NC(Cc1cnc[nH]1)C(=O)NC(CS)C(=O)O. The van der Waals surface area contributed by atoms with E-state index in [0.717, 1.165) is 0 Å². The summed E-state index contributed by atoms with van der Waals surface area (Å²) < 4.78 is 0. The van der Waals surface area contributed by atoms with Gasteiger partial charge in [-0.05, 0) is 12.8 Å². The van der Waals surface area contributed by atoms with Crippen molar-refractivity contribution in [2.24, 2.45) is 17.2 Å². The number of hydrogen-bond donors (Lipinski definition) is 9. The zero-order valence-corrected chi connectivity index (χ0v) is 19.6. The molecule has 5 amide bonds. The Morgan fingerprint density at radius 1 is 0.914 bits per heavy atom. The zero-order valence-electron chi connectivity index (χ0n) is 18.7. The molecule has 0 radical (unpaired) electrons. The van der Waals surface area contributed by atoms with Crippen molar-refractivity contribution in [3.05, 3.63) is 18.2 Å². The lowest BCUT2D eigenvalue weighted by Gasteiger charge is -2.24. The van der Waals surface area contributed by atoms with E-state index in [-0.39, 0.29) is 37.9 Å². The Bertz CT molecular complexity index is 911. The van der Waals surface area contributed by atoms with Gasteiger partial charge in [-0.25, -0.2) is 9.78 Å².